The van der Waals surface area contributed by atoms with E-state index in [4.69, 9.17) is 0 Å². The number of aliphatic hydroxyl groups is 1. The normalized spacial score (nSPS) is 34.2. The molecule has 1 heterocycles. The van der Waals surface area contributed by atoms with Gasteiger partial charge in [0.25, 0.3) is 0 Å². The average molecular weight is 182 g/mol. The van der Waals surface area contributed by atoms with E-state index in [1.165, 1.54) is 5.01 Å². The van der Waals surface area contributed by atoms with Gasteiger partial charge in [-0.3, -0.25) is 4.79 Å². The van der Waals surface area contributed by atoms with Gasteiger partial charge < -0.3 is 5.11 Å². The first-order valence-corrected chi connectivity index (χ1v) is 4.81. The zero-order valence-electron chi connectivity index (χ0n) is 7.52. The molecule has 4 nitrogen and oxygen atoms in total. The molecule has 1 aliphatic heterocycles. The van der Waals surface area contributed by atoms with Crippen LogP contribution in [0.2, 0.25) is 0 Å². The van der Waals surface area contributed by atoms with E-state index in [0.717, 1.165) is 25.7 Å². The molecule has 1 saturated carbocycles. The first-order valence-electron chi connectivity index (χ1n) is 4.81. The molecule has 0 saturated heterocycles. The highest BCUT2D eigenvalue weighted by Crippen LogP contribution is 2.25. The van der Waals surface area contributed by atoms with Gasteiger partial charge in [-0.25, -0.2) is 5.01 Å². The molecule has 0 aromatic rings. The number of hydrazone groups is 1. The molecule has 1 fully saturated rings. The number of rotatable bonds is 1. The van der Waals surface area contributed by atoms with Gasteiger partial charge in [-0.1, -0.05) is 12.8 Å². The highest BCUT2D eigenvalue weighted by Gasteiger charge is 2.33. The number of carbonyl (C=O) groups is 1. The van der Waals surface area contributed by atoms with Crippen LogP contribution in [-0.2, 0) is 4.79 Å². The monoisotopic (exact) mass is 182 g/mol. The van der Waals surface area contributed by atoms with Gasteiger partial charge >= 0.3 is 0 Å². The van der Waals surface area contributed by atoms with E-state index in [2.05, 4.69) is 5.10 Å². The molecule has 0 radical (unpaired) electrons. The first-order chi connectivity index (χ1) is 6.29. The van der Waals surface area contributed by atoms with Crippen molar-refractivity contribution in [3.63, 3.8) is 0 Å². The summed E-state index contributed by atoms with van der Waals surface area (Å²) in [5.74, 6) is 0.0194. The summed E-state index contributed by atoms with van der Waals surface area (Å²) in [4.78, 5) is 11.3. The predicted molar refractivity (Wildman–Crippen MR) is 48.2 cm³/mol. The topological polar surface area (TPSA) is 52.9 Å². The smallest absolute Gasteiger partial charge is 0.248 e. The van der Waals surface area contributed by atoms with Crippen molar-refractivity contribution < 1.29 is 9.90 Å². The van der Waals surface area contributed by atoms with Crippen molar-refractivity contribution >= 4 is 12.1 Å². The lowest BCUT2D eigenvalue weighted by atomic mass is 9.92. The van der Waals surface area contributed by atoms with Crippen molar-refractivity contribution in [2.45, 2.75) is 44.2 Å². The van der Waals surface area contributed by atoms with E-state index in [9.17, 15) is 9.90 Å². The molecular formula is C9H14N2O2. The van der Waals surface area contributed by atoms with Gasteiger partial charge in [0, 0.05) is 6.21 Å². The van der Waals surface area contributed by atoms with Crippen LogP contribution in [0, 0.1) is 0 Å². The zero-order valence-corrected chi connectivity index (χ0v) is 7.52. The van der Waals surface area contributed by atoms with Crippen LogP contribution in [0.15, 0.2) is 5.10 Å². The zero-order chi connectivity index (χ0) is 9.26. The van der Waals surface area contributed by atoms with Crippen LogP contribution >= 0.6 is 0 Å². The first kappa shape index (κ1) is 8.69. The van der Waals surface area contributed by atoms with Crippen molar-refractivity contribution in [3.05, 3.63) is 0 Å². The summed E-state index contributed by atoms with van der Waals surface area (Å²) >= 11 is 0. The number of carbonyl (C=O) groups excluding carboxylic acids is 1. The Labute approximate surface area is 77.2 Å². The highest BCUT2D eigenvalue weighted by molar-refractivity contribution is 5.94. The van der Waals surface area contributed by atoms with Crippen LogP contribution in [-0.4, -0.2) is 34.4 Å². The molecule has 4 heteroatoms. The Morgan fingerprint density at radius 1 is 1.46 bits per heavy atom. The summed E-state index contributed by atoms with van der Waals surface area (Å²) in [6.45, 7) is 0. The standard InChI is InChI=1S/C9H14N2O2/c12-8-4-2-1-3-7(8)11-9(13)5-6-10-11/h6-8,12H,1-5H2. The van der Waals surface area contributed by atoms with Gasteiger partial charge in [0.15, 0.2) is 0 Å². The van der Waals surface area contributed by atoms with E-state index in [-0.39, 0.29) is 18.1 Å². The Bertz CT molecular complexity index is 240. The SMILES string of the molecule is O=C1CC=NN1C1CCCCC1O. The third kappa shape index (κ3) is 1.58. The molecule has 1 amide bonds. The lowest BCUT2D eigenvalue weighted by molar-refractivity contribution is -0.134. The van der Waals surface area contributed by atoms with E-state index in [1.54, 1.807) is 6.21 Å². The van der Waals surface area contributed by atoms with Crippen molar-refractivity contribution in [2.24, 2.45) is 5.10 Å². The van der Waals surface area contributed by atoms with Crippen LogP contribution < -0.4 is 0 Å². The summed E-state index contributed by atoms with van der Waals surface area (Å²) < 4.78 is 0. The quantitative estimate of drug-likeness (QED) is 0.642. The molecule has 0 aromatic heterocycles. The number of amides is 1. The summed E-state index contributed by atoms with van der Waals surface area (Å²) in [5, 5.41) is 15.1. The lowest BCUT2D eigenvalue weighted by Gasteiger charge is -2.32. The summed E-state index contributed by atoms with van der Waals surface area (Å²) in [6, 6.07) is -0.0694. The van der Waals surface area contributed by atoms with Gasteiger partial charge in [-0.05, 0) is 12.8 Å². The Balaban J connectivity index is 2.05. The van der Waals surface area contributed by atoms with Crippen molar-refractivity contribution in [3.8, 4) is 0 Å². The largest absolute Gasteiger partial charge is 0.391 e. The third-order valence-electron chi connectivity index (χ3n) is 2.74. The predicted octanol–water partition coefficient (Wildman–Crippen LogP) is 0.508. The number of hydrogen-bond donors (Lipinski definition) is 1. The summed E-state index contributed by atoms with van der Waals surface area (Å²) in [5.41, 5.74) is 0. The molecule has 0 aromatic carbocycles. The number of nitrogens with zero attached hydrogens (tertiary/aromatic N) is 2. The summed E-state index contributed by atoms with van der Waals surface area (Å²) in [7, 11) is 0. The number of aliphatic hydroxyl groups excluding tert-OH is 1. The Morgan fingerprint density at radius 2 is 2.23 bits per heavy atom. The highest BCUT2D eigenvalue weighted by atomic mass is 16.3. The second kappa shape index (κ2) is 3.46. The second-order valence-electron chi connectivity index (χ2n) is 3.66. The van der Waals surface area contributed by atoms with E-state index in [0.29, 0.717) is 6.42 Å². The van der Waals surface area contributed by atoms with Crippen LogP contribution in [0.3, 0.4) is 0 Å². The minimum atomic E-state index is -0.382. The maximum Gasteiger partial charge on any atom is 0.248 e. The van der Waals surface area contributed by atoms with Gasteiger partial charge in [0.2, 0.25) is 5.91 Å². The lowest BCUT2D eigenvalue weighted by Crippen LogP contribution is -2.43. The molecule has 2 aliphatic rings. The fourth-order valence-corrected chi connectivity index (χ4v) is 2.01. The van der Waals surface area contributed by atoms with Crippen molar-refractivity contribution in [2.75, 3.05) is 0 Å². The second-order valence-corrected chi connectivity index (χ2v) is 3.66. The molecule has 1 N–H and O–H groups in total. The minimum Gasteiger partial charge on any atom is -0.391 e. The van der Waals surface area contributed by atoms with E-state index in [1.807, 2.05) is 0 Å². The maximum atomic E-state index is 11.3. The molecule has 2 rings (SSSR count). The molecule has 2 unspecified atom stereocenters. The summed E-state index contributed by atoms with van der Waals surface area (Å²) in [6.07, 6.45) is 5.44. The fourth-order valence-electron chi connectivity index (χ4n) is 2.01. The molecule has 2 atom stereocenters. The van der Waals surface area contributed by atoms with Gasteiger partial charge in [-0.2, -0.15) is 5.10 Å². The number of hydrogen-bond acceptors (Lipinski definition) is 3. The molecule has 0 spiro atoms. The molecule has 0 bridgehead atoms. The minimum absolute atomic E-state index is 0.0194. The molecular weight excluding hydrogens is 168 g/mol. The van der Waals surface area contributed by atoms with Crippen molar-refractivity contribution in [1.82, 2.24) is 5.01 Å². The van der Waals surface area contributed by atoms with E-state index >= 15 is 0 Å². The van der Waals surface area contributed by atoms with Crippen LogP contribution in [0.5, 0.6) is 0 Å². The van der Waals surface area contributed by atoms with Crippen LogP contribution in [0.4, 0.5) is 0 Å². The molecule has 72 valence electrons. The Kier molecular flexibility index (Phi) is 2.31. The molecule has 1 aliphatic carbocycles. The fraction of sp³-hybridized carbons (Fsp3) is 0.778. The maximum absolute atomic E-state index is 11.3. The van der Waals surface area contributed by atoms with Crippen LogP contribution in [0.25, 0.3) is 0 Å². The van der Waals surface area contributed by atoms with Crippen LogP contribution in [0.1, 0.15) is 32.1 Å². The van der Waals surface area contributed by atoms with Crippen molar-refractivity contribution in [1.29, 1.82) is 0 Å². The van der Waals surface area contributed by atoms with Gasteiger partial charge in [0.05, 0.1) is 18.6 Å². The van der Waals surface area contributed by atoms with Gasteiger partial charge in [-0.15, -0.1) is 0 Å². The Hall–Kier alpha value is -0.900. The average Bonchev–Trinajstić information content (AvgIpc) is 2.52. The molecule has 13 heavy (non-hydrogen) atoms. The van der Waals surface area contributed by atoms with E-state index < -0.39 is 0 Å². The van der Waals surface area contributed by atoms with Gasteiger partial charge in [0.1, 0.15) is 0 Å². The Morgan fingerprint density at radius 3 is 2.85 bits per heavy atom. The third-order valence-corrected chi connectivity index (χ3v) is 2.74.